The molecule has 9 heteroatoms. The average Bonchev–Trinajstić information content (AvgIpc) is 2.80. The number of carbonyl (C=O) groups excluding carboxylic acids is 1. The number of nitrogens with one attached hydrogen (secondary N) is 1. The number of nitrogens with zero attached hydrogens (tertiary/aromatic N) is 3. The molecule has 0 atom stereocenters. The minimum Gasteiger partial charge on any atom is -0.378 e. The predicted molar refractivity (Wildman–Crippen MR) is 122 cm³/mol. The highest BCUT2D eigenvalue weighted by Gasteiger charge is 2.24. The normalized spacial score (nSPS) is 16.8. The van der Waals surface area contributed by atoms with E-state index in [2.05, 4.69) is 10.2 Å². The van der Waals surface area contributed by atoms with Gasteiger partial charge in [0.15, 0.2) is 0 Å². The Morgan fingerprint density at radius 2 is 1.77 bits per heavy atom. The maximum absolute atomic E-state index is 13.0. The van der Waals surface area contributed by atoms with Gasteiger partial charge < -0.3 is 19.9 Å². The Labute approximate surface area is 185 Å². The lowest BCUT2D eigenvalue weighted by molar-refractivity contribution is -0.384. The second kappa shape index (κ2) is 9.53. The molecule has 2 aliphatic rings. The maximum Gasteiger partial charge on any atom is 0.293 e. The van der Waals surface area contributed by atoms with Gasteiger partial charge in [-0.05, 0) is 43.5 Å². The van der Waals surface area contributed by atoms with E-state index in [9.17, 15) is 14.9 Å². The van der Waals surface area contributed by atoms with E-state index in [0.29, 0.717) is 42.7 Å². The van der Waals surface area contributed by atoms with Gasteiger partial charge >= 0.3 is 0 Å². The molecule has 2 aliphatic heterocycles. The van der Waals surface area contributed by atoms with E-state index in [1.165, 1.54) is 6.07 Å². The number of rotatable bonds is 5. The molecule has 31 heavy (non-hydrogen) atoms. The lowest BCUT2D eigenvalue weighted by Gasteiger charge is -2.31. The van der Waals surface area contributed by atoms with Gasteiger partial charge in [0.1, 0.15) is 5.69 Å². The molecule has 164 valence electrons. The molecule has 2 aromatic carbocycles. The van der Waals surface area contributed by atoms with E-state index < -0.39 is 10.8 Å². The molecule has 0 spiro atoms. The fourth-order valence-electron chi connectivity index (χ4n) is 4.13. The summed E-state index contributed by atoms with van der Waals surface area (Å²) in [5.74, 6) is -0.412. The van der Waals surface area contributed by atoms with Crippen molar-refractivity contribution in [2.75, 3.05) is 54.5 Å². The van der Waals surface area contributed by atoms with Gasteiger partial charge in [-0.1, -0.05) is 17.7 Å². The summed E-state index contributed by atoms with van der Waals surface area (Å²) in [5.41, 5.74) is 2.06. The third kappa shape index (κ3) is 4.75. The summed E-state index contributed by atoms with van der Waals surface area (Å²) in [7, 11) is 0. The summed E-state index contributed by atoms with van der Waals surface area (Å²) in [4.78, 5) is 28.4. The number of benzene rings is 2. The van der Waals surface area contributed by atoms with Gasteiger partial charge in [-0.25, -0.2) is 0 Å². The molecule has 0 unspecified atom stereocenters. The van der Waals surface area contributed by atoms with Crippen molar-refractivity contribution in [3.63, 3.8) is 0 Å². The van der Waals surface area contributed by atoms with E-state index in [4.69, 9.17) is 16.3 Å². The topological polar surface area (TPSA) is 88.0 Å². The van der Waals surface area contributed by atoms with Gasteiger partial charge in [-0.2, -0.15) is 0 Å². The van der Waals surface area contributed by atoms with Crippen LogP contribution >= 0.6 is 11.6 Å². The first-order chi connectivity index (χ1) is 15.0. The smallest absolute Gasteiger partial charge is 0.293 e. The summed E-state index contributed by atoms with van der Waals surface area (Å²) in [5, 5.41) is 15.1. The molecule has 2 saturated heterocycles. The molecule has 0 saturated carbocycles. The molecule has 0 bridgehead atoms. The number of amides is 1. The van der Waals surface area contributed by atoms with Crippen LogP contribution in [0.15, 0.2) is 36.4 Å². The van der Waals surface area contributed by atoms with Gasteiger partial charge in [0.2, 0.25) is 0 Å². The number of hydrogen-bond acceptors (Lipinski definition) is 6. The Balaban J connectivity index is 1.60. The molecular formula is C22H25ClN4O4. The summed E-state index contributed by atoms with van der Waals surface area (Å²) in [6.45, 7) is 4.09. The first-order valence-electron chi connectivity index (χ1n) is 10.5. The highest BCUT2D eigenvalue weighted by Crippen LogP contribution is 2.36. The monoisotopic (exact) mass is 444 g/mol. The van der Waals surface area contributed by atoms with Gasteiger partial charge in [0.25, 0.3) is 11.6 Å². The van der Waals surface area contributed by atoms with Crippen LogP contribution in [0.1, 0.15) is 29.6 Å². The molecule has 2 fully saturated rings. The number of nitro benzene ring substituents is 1. The van der Waals surface area contributed by atoms with Crippen LogP contribution in [0.2, 0.25) is 5.02 Å². The fraction of sp³-hybridized carbons (Fsp3) is 0.409. The summed E-state index contributed by atoms with van der Waals surface area (Å²) in [6.07, 6.45) is 3.16. The van der Waals surface area contributed by atoms with Gasteiger partial charge in [0, 0.05) is 37.8 Å². The van der Waals surface area contributed by atoms with Crippen molar-refractivity contribution in [2.45, 2.75) is 19.3 Å². The van der Waals surface area contributed by atoms with Crippen LogP contribution < -0.4 is 15.1 Å². The maximum atomic E-state index is 13.0. The molecule has 1 amide bonds. The standard InChI is InChI=1S/C22H25ClN4O4/c23-17-5-4-6-18(21(17)26-11-13-31-14-12-26)24-22(28)16-7-8-19(20(15-16)27(29)30)25-9-2-1-3-10-25/h4-8,15H,1-3,9-14H2,(H,24,28). The Morgan fingerprint density at radius 1 is 1.03 bits per heavy atom. The third-order valence-corrected chi connectivity index (χ3v) is 6.00. The molecule has 0 aromatic heterocycles. The molecule has 2 heterocycles. The van der Waals surface area contributed by atoms with Crippen LogP contribution in [0.5, 0.6) is 0 Å². The van der Waals surface area contributed by atoms with Crippen molar-refractivity contribution in [3.8, 4) is 0 Å². The quantitative estimate of drug-likeness (QED) is 0.545. The predicted octanol–water partition coefficient (Wildman–Crippen LogP) is 4.33. The van der Waals surface area contributed by atoms with Crippen molar-refractivity contribution in [2.24, 2.45) is 0 Å². The number of piperidine rings is 1. The molecular weight excluding hydrogens is 420 g/mol. The number of ether oxygens (including phenoxy) is 1. The van der Waals surface area contributed by atoms with Gasteiger partial charge in [-0.15, -0.1) is 0 Å². The van der Waals surface area contributed by atoms with E-state index >= 15 is 0 Å². The molecule has 2 aromatic rings. The second-order valence-corrected chi connectivity index (χ2v) is 8.11. The summed E-state index contributed by atoms with van der Waals surface area (Å²) < 4.78 is 5.41. The van der Waals surface area contributed by atoms with Crippen LogP contribution in [-0.2, 0) is 4.74 Å². The molecule has 4 rings (SSSR count). The van der Waals surface area contributed by atoms with Crippen molar-refractivity contribution in [3.05, 3.63) is 57.1 Å². The SMILES string of the molecule is O=C(Nc1cccc(Cl)c1N1CCOCC1)c1ccc(N2CCCCC2)c([N+](=O)[O-])c1. The number of halogens is 1. The van der Waals surface area contributed by atoms with Crippen molar-refractivity contribution < 1.29 is 14.5 Å². The van der Waals surface area contributed by atoms with Gasteiger partial charge in [0.05, 0.1) is 34.5 Å². The lowest BCUT2D eigenvalue weighted by atomic mass is 10.1. The van der Waals surface area contributed by atoms with Crippen LogP contribution in [0, 0.1) is 10.1 Å². The Bertz CT molecular complexity index is 972. The van der Waals surface area contributed by atoms with Crippen LogP contribution in [0.4, 0.5) is 22.7 Å². The number of nitro groups is 1. The average molecular weight is 445 g/mol. The second-order valence-electron chi connectivity index (χ2n) is 7.70. The van der Waals surface area contributed by atoms with E-state index in [-0.39, 0.29) is 11.3 Å². The molecule has 8 nitrogen and oxygen atoms in total. The molecule has 1 N–H and O–H groups in total. The highest BCUT2D eigenvalue weighted by atomic mass is 35.5. The highest BCUT2D eigenvalue weighted by molar-refractivity contribution is 6.34. The van der Waals surface area contributed by atoms with Crippen molar-refractivity contribution in [1.29, 1.82) is 0 Å². The van der Waals surface area contributed by atoms with Crippen molar-refractivity contribution in [1.82, 2.24) is 0 Å². The number of morpholine rings is 1. The minimum absolute atomic E-state index is 0.0472. The zero-order valence-corrected chi connectivity index (χ0v) is 17.9. The van der Waals surface area contributed by atoms with E-state index in [0.717, 1.165) is 38.0 Å². The Morgan fingerprint density at radius 3 is 2.48 bits per heavy atom. The third-order valence-electron chi connectivity index (χ3n) is 5.69. The van der Waals surface area contributed by atoms with Crippen molar-refractivity contribution >= 4 is 40.3 Å². The summed E-state index contributed by atoms with van der Waals surface area (Å²) in [6, 6.07) is 10.0. The largest absolute Gasteiger partial charge is 0.378 e. The fourth-order valence-corrected chi connectivity index (χ4v) is 4.43. The number of anilines is 3. The zero-order chi connectivity index (χ0) is 21.8. The van der Waals surface area contributed by atoms with E-state index in [1.54, 1.807) is 30.3 Å². The van der Waals surface area contributed by atoms with E-state index in [1.807, 2.05) is 4.90 Å². The number of carbonyl (C=O) groups is 1. The van der Waals surface area contributed by atoms with Crippen LogP contribution in [0.25, 0.3) is 0 Å². The first kappa shape index (κ1) is 21.4. The zero-order valence-electron chi connectivity index (χ0n) is 17.2. The van der Waals surface area contributed by atoms with Crippen LogP contribution in [-0.4, -0.2) is 50.2 Å². The van der Waals surface area contributed by atoms with Crippen LogP contribution in [0.3, 0.4) is 0 Å². The first-order valence-corrected chi connectivity index (χ1v) is 10.9. The minimum atomic E-state index is -0.417. The molecule has 0 aliphatic carbocycles. The summed E-state index contributed by atoms with van der Waals surface area (Å²) >= 11 is 6.44. The Hall–Kier alpha value is -2.84. The molecule has 0 radical (unpaired) electrons. The lowest BCUT2D eigenvalue weighted by Crippen LogP contribution is -2.37. The number of hydrogen-bond donors (Lipinski definition) is 1. The Kier molecular flexibility index (Phi) is 6.58. The van der Waals surface area contributed by atoms with Gasteiger partial charge in [-0.3, -0.25) is 14.9 Å². The number of para-hydroxylation sites is 1.